The first kappa shape index (κ1) is 35.2. The van der Waals surface area contributed by atoms with E-state index in [2.05, 4.69) is 78.6 Å². The second-order valence-corrected chi connectivity index (χ2v) is 13.1. The molecular weight excluding hydrogens is 604 g/mol. The number of hydrogen-bond acceptors (Lipinski definition) is 8. The van der Waals surface area contributed by atoms with Gasteiger partial charge in [-0.25, -0.2) is 0 Å². The molecule has 4 heterocycles. The Morgan fingerprint density at radius 3 is 1.96 bits per heavy atom. The highest BCUT2D eigenvalue weighted by atomic mass is 16.5. The molecule has 0 aliphatic carbocycles. The summed E-state index contributed by atoms with van der Waals surface area (Å²) in [6.07, 6.45) is 7.86. The molecule has 0 fully saturated rings. The monoisotopic (exact) mass is 654 g/mol. The van der Waals surface area contributed by atoms with Gasteiger partial charge >= 0.3 is 0 Å². The zero-order chi connectivity index (χ0) is 34.2. The molecule has 0 amide bonds. The van der Waals surface area contributed by atoms with Crippen LogP contribution in [-0.2, 0) is 42.2 Å². The summed E-state index contributed by atoms with van der Waals surface area (Å²) in [4.78, 5) is 34.3. The van der Waals surface area contributed by atoms with Crippen molar-refractivity contribution >= 4 is 38.4 Å². The summed E-state index contributed by atoms with van der Waals surface area (Å²) in [6, 6.07) is 16.3. The number of benzene rings is 2. The summed E-state index contributed by atoms with van der Waals surface area (Å²) in [7, 11) is 11.6. The number of rotatable bonds is 12. The molecule has 0 bridgehead atoms. The number of anilines is 1. The second kappa shape index (κ2) is 16.3. The molecule has 3 aromatic heterocycles. The minimum absolute atomic E-state index is 0.0622. The van der Waals surface area contributed by atoms with Crippen molar-refractivity contribution in [3.8, 4) is 0 Å². The van der Waals surface area contributed by atoms with Crippen molar-refractivity contribution in [1.82, 2.24) is 23.9 Å². The number of fused-ring (bicyclic) bond motifs is 6. The van der Waals surface area contributed by atoms with Crippen LogP contribution in [0.15, 0.2) is 64.3 Å². The van der Waals surface area contributed by atoms with Crippen molar-refractivity contribution in [2.75, 3.05) is 67.4 Å². The summed E-state index contributed by atoms with van der Waals surface area (Å²) in [5, 5.41) is 6.23. The van der Waals surface area contributed by atoms with Gasteiger partial charge < -0.3 is 24.6 Å². The van der Waals surface area contributed by atoms with Crippen LogP contribution in [0, 0.1) is 0 Å². The number of aromatic nitrogens is 3. The van der Waals surface area contributed by atoms with E-state index in [0.717, 1.165) is 96.7 Å². The van der Waals surface area contributed by atoms with E-state index in [1.807, 2.05) is 12.1 Å². The molecule has 0 spiro atoms. The second-order valence-electron chi connectivity index (χ2n) is 13.1. The number of methoxy groups -OCH3 is 2. The zero-order valence-corrected chi connectivity index (χ0v) is 29.3. The Labute approximate surface area is 282 Å². The third kappa shape index (κ3) is 7.95. The molecule has 10 nitrogen and oxygen atoms in total. The van der Waals surface area contributed by atoms with Crippen LogP contribution in [0.4, 0.5) is 5.69 Å². The third-order valence-corrected chi connectivity index (χ3v) is 8.88. The molecule has 1 N–H and O–H groups in total. The fourth-order valence-electron chi connectivity index (χ4n) is 6.55. The largest absolute Gasteiger partial charge is 0.384 e. The van der Waals surface area contributed by atoms with Crippen LogP contribution in [0.1, 0.15) is 36.0 Å². The van der Waals surface area contributed by atoms with Crippen LogP contribution in [-0.4, -0.2) is 86.0 Å². The quantitative estimate of drug-likeness (QED) is 0.186. The number of pyridine rings is 3. The molecule has 0 saturated heterocycles. The third-order valence-electron chi connectivity index (χ3n) is 8.88. The van der Waals surface area contributed by atoms with Gasteiger partial charge in [0, 0.05) is 43.3 Å². The zero-order valence-electron chi connectivity index (χ0n) is 29.3. The molecule has 1 aliphatic heterocycles. The lowest BCUT2D eigenvalue weighted by molar-refractivity contribution is 0.131. The van der Waals surface area contributed by atoms with Crippen molar-refractivity contribution in [2.24, 2.45) is 0 Å². The van der Waals surface area contributed by atoms with Crippen LogP contribution in [0.5, 0.6) is 0 Å². The Bertz CT molecular complexity index is 1980. The first-order valence-electron chi connectivity index (χ1n) is 16.8. The minimum Gasteiger partial charge on any atom is -0.384 e. The Morgan fingerprint density at radius 1 is 0.771 bits per heavy atom. The maximum absolute atomic E-state index is 12.8. The maximum Gasteiger partial charge on any atom is 0.262 e. The van der Waals surface area contributed by atoms with E-state index >= 15 is 0 Å². The summed E-state index contributed by atoms with van der Waals surface area (Å²) in [5.41, 5.74) is 7.11. The first-order valence-corrected chi connectivity index (χ1v) is 16.8. The molecule has 0 unspecified atom stereocenters. The van der Waals surface area contributed by atoms with Crippen molar-refractivity contribution < 1.29 is 9.47 Å². The standard InChI is InChI=1S/C19H27N3O2.C19H23N3O2/c2*1-21(2)11-5-6-14-8-9-17-16(12-14)18-15(7-4-10-20-18)19(23)22(17)13-24-3/h8-9,12,20H,4-7,10-11,13H2,1-3H3;4,7-10,12H,5-6,11,13H2,1-3H3. The van der Waals surface area contributed by atoms with Gasteiger partial charge in [0.2, 0.25) is 0 Å². The van der Waals surface area contributed by atoms with Gasteiger partial charge in [0.1, 0.15) is 13.5 Å². The number of hydrogen-bond donors (Lipinski definition) is 1. The summed E-state index contributed by atoms with van der Waals surface area (Å²) >= 11 is 0. The molecule has 5 aromatic rings. The molecule has 6 rings (SSSR count). The average molecular weight is 655 g/mol. The van der Waals surface area contributed by atoms with Crippen molar-refractivity contribution in [1.29, 1.82) is 0 Å². The van der Waals surface area contributed by atoms with Gasteiger partial charge in [-0.15, -0.1) is 0 Å². The molecule has 0 atom stereocenters. The van der Waals surface area contributed by atoms with E-state index in [1.54, 1.807) is 35.6 Å². The van der Waals surface area contributed by atoms with Gasteiger partial charge in [-0.2, -0.15) is 0 Å². The van der Waals surface area contributed by atoms with E-state index in [1.165, 1.54) is 11.1 Å². The van der Waals surface area contributed by atoms with E-state index in [-0.39, 0.29) is 17.8 Å². The summed E-state index contributed by atoms with van der Waals surface area (Å²) in [5.74, 6) is 0. The van der Waals surface area contributed by atoms with Gasteiger partial charge in [0.15, 0.2) is 0 Å². The average Bonchev–Trinajstić information content (AvgIpc) is 3.08. The minimum atomic E-state index is -0.0622. The fourth-order valence-corrected chi connectivity index (χ4v) is 6.55. The lowest BCUT2D eigenvalue weighted by Gasteiger charge is -2.22. The van der Waals surface area contributed by atoms with Gasteiger partial charge in [-0.1, -0.05) is 12.1 Å². The van der Waals surface area contributed by atoms with Gasteiger partial charge in [0.25, 0.3) is 11.1 Å². The summed E-state index contributed by atoms with van der Waals surface area (Å²) in [6.45, 7) is 3.60. The molecule has 2 aromatic carbocycles. The SMILES string of the molecule is COCn1c(=O)c2c(c3cc(CCCN(C)C)ccc31)NCCC2.COCn1c(=O)c2cccnc2c2cc(CCCN(C)C)ccc21. The van der Waals surface area contributed by atoms with Crippen molar-refractivity contribution in [3.05, 3.63) is 92.1 Å². The van der Waals surface area contributed by atoms with Gasteiger partial charge in [-0.05, 0) is 127 Å². The van der Waals surface area contributed by atoms with Crippen LogP contribution >= 0.6 is 0 Å². The number of nitrogens with zero attached hydrogens (tertiary/aromatic N) is 5. The normalized spacial score (nSPS) is 12.8. The van der Waals surface area contributed by atoms with E-state index < -0.39 is 0 Å². The number of aryl methyl sites for hydroxylation is 2. The Morgan fingerprint density at radius 2 is 1.35 bits per heavy atom. The Hall–Kier alpha value is -4.09. The molecule has 48 heavy (non-hydrogen) atoms. The molecule has 1 aliphatic rings. The summed E-state index contributed by atoms with van der Waals surface area (Å²) < 4.78 is 13.9. The van der Waals surface area contributed by atoms with Crippen molar-refractivity contribution in [3.63, 3.8) is 0 Å². The lowest BCUT2D eigenvalue weighted by atomic mass is 9.98. The number of ether oxygens (including phenoxy) is 2. The van der Waals surface area contributed by atoms with Crippen LogP contribution in [0.2, 0.25) is 0 Å². The van der Waals surface area contributed by atoms with E-state index in [9.17, 15) is 9.59 Å². The van der Waals surface area contributed by atoms with Crippen LogP contribution < -0.4 is 16.4 Å². The van der Waals surface area contributed by atoms with Crippen LogP contribution in [0.3, 0.4) is 0 Å². The van der Waals surface area contributed by atoms with E-state index in [4.69, 9.17) is 9.47 Å². The molecule has 10 heteroatoms. The highest BCUT2D eigenvalue weighted by molar-refractivity contribution is 6.03. The van der Waals surface area contributed by atoms with Crippen LogP contribution in [0.25, 0.3) is 32.7 Å². The Kier molecular flexibility index (Phi) is 12.0. The highest BCUT2D eigenvalue weighted by Crippen LogP contribution is 2.30. The highest BCUT2D eigenvalue weighted by Gasteiger charge is 2.19. The molecule has 0 saturated carbocycles. The topological polar surface area (TPSA) is 93.9 Å². The first-order chi connectivity index (χ1) is 23.2. The smallest absolute Gasteiger partial charge is 0.262 e. The van der Waals surface area contributed by atoms with Crippen molar-refractivity contribution in [2.45, 2.75) is 52.0 Å². The van der Waals surface area contributed by atoms with Gasteiger partial charge in [-0.3, -0.25) is 23.7 Å². The Balaban J connectivity index is 0.000000188. The van der Waals surface area contributed by atoms with E-state index in [0.29, 0.717) is 12.1 Å². The molecule has 256 valence electrons. The predicted molar refractivity (Wildman–Crippen MR) is 196 cm³/mol. The fraction of sp³-hybridized carbons (Fsp3) is 0.447. The molecular formula is C38H50N6O4. The maximum atomic E-state index is 12.8. The lowest BCUT2D eigenvalue weighted by Crippen LogP contribution is -2.29. The molecule has 0 radical (unpaired) electrons. The predicted octanol–water partition coefficient (Wildman–Crippen LogP) is 5.11. The number of nitrogens with one attached hydrogen (secondary N) is 1. The van der Waals surface area contributed by atoms with Gasteiger partial charge in [0.05, 0.1) is 27.6 Å².